The summed E-state index contributed by atoms with van der Waals surface area (Å²) in [6.07, 6.45) is -1.84. The fraction of sp³-hybridized carbons (Fsp3) is 1.00. The minimum Gasteiger partial charge on any atom is -0.394 e. The molecular weight excluding hydrogens is 712 g/mol. The molecule has 0 spiro atoms. The van der Waals surface area contributed by atoms with Crippen molar-refractivity contribution in [2.45, 2.75) is 215 Å². The average Bonchev–Trinajstić information content (AvgIpc) is 3.17. The molecule has 10 N–H and O–H groups in total. The Morgan fingerprint density at radius 2 is 0.704 bits per heavy atom. The quantitative estimate of drug-likeness (QED) is 0.0509. The Balaban J connectivity index is 1.39. The van der Waals surface area contributed by atoms with E-state index in [1.165, 1.54) is 89.9 Å². The Labute approximate surface area is 320 Å². The Hall–Kier alpha value is -0.640. The molecule has 15 atom stereocenters. The van der Waals surface area contributed by atoms with Crippen molar-refractivity contribution in [1.29, 1.82) is 0 Å². The largest absolute Gasteiger partial charge is 0.394 e. The molecule has 0 saturated carbocycles. The number of ether oxygens (including phenoxy) is 6. The molecule has 54 heavy (non-hydrogen) atoms. The van der Waals surface area contributed by atoms with Crippen LogP contribution in [0.5, 0.6) is 0 Å². The SMILES string of the molecule is CCCCCCCCCCCCCCCCCCCCO[C@@H]1O[C@H](CO)[C@@H](O)[C@H](O[C@@H]2O[C@H](CO)[C@@H](O)[C@H](O[C@@H]3O[C@H](CO)[C@@H](O)[C@H](O)[C@H]3O)[C@H]2O)[C@H]1O. The number of aliphatic hydroxyl groups excluding tert-OH is 10. The van der Waals surface area contributed by atoms with Crippen LogP contribution >= 0.6 is 0 Å². The van der Waals surface area contributed by atoms with Crippen molar-refractivity contribution in [3.8, 4) is 0 Å². The third-order valence-electron chi connectivity index (χ3n) is 10.9. The van der Waals surface area contributed by atoms with Crippen molar-refractivity contribution in [2.24, 2.45) is 0 Å². The predicted molar refractivity (Wildman–Crippen MR) is 194 cm³/mol. The molecule has 320 valence electrons. The molecule has 3 rings (SSSR count). The summed E-state index contributed by atoms with van der Waals surface area (Å²) in [6.45, 7) is 0.302. The van der Waals surface area contributed by atoms with Gasteiger partial charge in [0, 0.05) is 6.61 Å². The zero-order valence-electron chi connectivity index (χ0n) is 32.1. The third kappa shape index (κ3) is 14.6. The van der Waals surface area contributed by atoms with E-state index in [1.54, 1.807) is 0 Å². The molecule has 0 aliphatic carbocycles. The van der Waals surface area contributed by atoms with Gasteiger partial charge in [0.1, 0.15) is 73.2 Å². The highest BCUT2D eigenvalue weighted by molar-refractivity contribution is 4.96. The highest BCUT2D eigenvalue weighted by Crippen LogP contribution is 2.33. The first-order valence-corrected chi connectivity index (χ1v) is 20.6. The van der Waals surface area contributed by atoms with Crippen molar-refractivity contribution in [3.05, 3.63) is 0 Å². The first kappa shape index (κ1) is 47.7. The predicted octanol–water partition coefficient (Wildman–Crippen LogP) is 0.493. The molecular formula is C38H72O16. The van der Waals surface area contributed by atoms with Crippen LogP contribution in [0, 0.1) is 0 Å². The van der Waals surface area contributed by atoms with Crippen LogP contribution in [0.25, 0.3) is 0 Å². The molecule has 0 amide bonds. The summed E-state index contributed by atoms with van der Waals surface area (Å²) < 4.78 is 33.7. The second-order valence-corrected chi connectivity index (χ2v) is 15.2. The van der Waals surface area contributed by atoms with Crippen molar-refractivity contribution in [3.63, 3.8) is 0 Å². The molecule has 3 fully saturated rings. The van der Waals surface area contributed by atoms with Gasteiger partial charge in [-0.3, -0.25) is 0 Å². The number of aliphatic hydroxyl groups is 10. The fourth-order valence-corrected chi connectivity index (χ4v) is 7.37. The van der Waals surface area contributed by atoms with E-state index < -0.39 is 112 Å². The van der Waals surface area contributed by atoms with E-state index >= 15 is 0 Å². The maximum absolute atomic E-state index is 11.2. The van der Waals surface area contributed by atoms with Crippen molar-refractivity contribution in [1.82, 2.24) is 0 Å². The molecule has 0 unspecified atom stereocenters. The molecule has 0 bridgehead atoms. The molecule has 3 aliphatic heterocycles. The average molecular weight is 785 g/mol. The summed E-state index contributed by atoms with van der Waals surface area (Å²) in [5, 5.41) is 104. The first-order chi connectivity index (χ1) is 26.1. The monoisotopic (exact) mass is 784 g/mol. The van der Waals surface area contributed by atoms with Crippen LogP contribution in [-0.4, -0.2) is 170 Å². The van der Waals surface area contributed by atoms with Gasteiger partial charge in [0.15, 0.2) is 18.9 Å². The maximum atomic E-state index is 11.2. The van der Waals surface area contributed by atoms with Crippen molar-refractivity contribution >= 4 is 0 Å². The van der Waals surface area contributed by atoms with E-state index in [0.29, 0.717) is 6.42 Å². The van der Waals surface area contributed by atoms with E-state index in [0.717, 1.165) is 19.3 Å². The number of rotatable bonds is 27. The molecule has 3 aliphatic rings. The summed E-state index contributed by atoms with van der Waals surface area (Å²) in [7, 11) is 0. The van der Waals surface area contributed by atoms with E-state index in [-0.39, 0.29) is 6.61 Å². The molecule has 0 radical (unpaired) electrons. The zero-order chi connectivity index (χ0) is 39.5. The molecule has 3 heterocycles. The summed E-state index contributed by atoms with van der Waals surface area (Å²) in [6, 6.07) is 0. The lowest BCUT2D eigenvalue weighted by Crippen LogP contribution is -2.67. The lowest BCUT2D eigenvalue weighted by atomic mass is 9.96. The van der Waals surface area contributed by atoms with Crippen LogP contribution in [0.2, 0.25) is 0 Å². The minimum absolute atomic E-state index is 0.234. The van der Waals surface area contributed by atoms with E-state index in [9.17, 15) is 51.1 Å². The number of hydrogen-bond acceptors (Lipinski definition) is 16. The van der Waals surface area contributed by atoms with Gasteiger partial charge < -0.3 is 79.5 Å². The smallest absolute Gasteiger partial charge is 0.187 e. The molecule has 3 saturated heterocycles. The molecule has 16 nitrogen and oxygen atoms in total. The van der Waals surface area contributed by atoms with Crippen LogP contribution in [0.4, 0.5) is 0 Å². The molecule has 0 aromatic heterocycles. The van der Waals surface area contributed by atoms with Crippen molar-refractivity contribution in [2.75, 3.05) is 26.4 Å². The summed E-state index contributed by atoms with van der Waals surface area (Å²) in [5.41, 5.74) is 0. The normalized spacial score (nSPS) is 37.5. The Morgan fingerprint density at radius 1 is 0.370 bits per heavy atom. The fourth-order valence-electron chi connectivity index (χ4n) is 7.37. The van der Waals surface area contributed by atoms with E-state index in [4.69, 9.17) is 28.4 Å². The van der Waals surface area contributed by atoms with Gasteiger partial charge in [0.2, 0.25) is 0 Å². The van der Waals surface area contributed by atoms with Crippen LogP contribution in [0.1, 0.15) is 122 Å². The number of unbranched alkanes of at least 4 members (excludes halogenated alkanes) is 17. The summed E-state index contributed by atoms with van der Waals surface area (Å²) in [4.78, 5) is 0. The third-order valence-corrected chi connectivity index (χ3v) is 10.9. The Kier molecular flexibility index (Phi) is 23.3. The van der Waals surface area contributed by atoms with Crippen molar-refractivity contribution < 1.29 is 79.5 Å². The lowest BCUT2D eigenvalue weighted by Gasteiger charge is -2.48. The topological polar surface area (TPSA) is 258 Å². The summed E-state index contributed by atoms with van der Waals surface area (Å²) >= 11 is 0. The van der Waals surface area contributed by atoms with E-state index in [1.807, 2.05) is 0 Å². The van der Waals surface area contributed by atoms with Gasteiger partial charge in [-0.05, 0) is 6.42 Å². The zero-order valence-corrected chi connectivity index (χ0v) is 32.1. The standard InChI is InChI=1S/C38H72O16/c1-2-3-4-5-6-7-8-9-10-11-12-13-14-15-16-17-18-19-20-49-36-32(47)34(28(43)25(22-40)50-36)54-38-33(48)35(29(44)26(23-41)52-38)53-37-31(46)30(45)27(42)24(21-39)51-37/h24-48H,2-23H2,1H3/t24-,25-,26-,27-,28-,29-,30+,31-,32-,33-,34+,35+,36-,37+,38+/m1/s1. The summed E-state index contributed by atoms with van der Waals surface area (Å²) in [5.74, 6) is 0. The first-order valence-electron chi connectivity index (χ1n) is 20.6. The Morgan fingerprint density at radius 3 is 1.11 bits per heavy atom. The molecule has 0 aromatic carbocycles. The van der Waals surface area contributed by atoms with Crippen LogP contribution in [0.15, 0.2) is 0 Å². The van der Waals surface area contributed by atoms with Gasteiger partial charge in [-0.15, -0.1) is 0 Å². The Bertz CT molecular complexity index is 949. The molecule has 0 aromatic rings. The van der Waals surface area contributed by atoms with Crippen LogP contribution < -0.4 is 0 Å². The highest BCUT2D eigenvalue weighted by Gasteiger charge is 2.53. The number of hydrogen-bond donors (Lipinski definition) is 10. The molecule has 16 heteroatoms. The van der Waals surface area contributed by atoms with Gasteiger partial charge in [-0.1, -0.05) is 116 Å². The van der Waals surface area contributed by atoms with Crippen LogP contribution in [-0.2, 0) is 28.4 Å². The van der Waals surface area contributed by atoms with Gasteiger partial charge in [-0.25, -0.2) is 0 Å². The van der Waals surface area contributed by atoms with Gasteiger partial charge >= 0.3 is 0 Å². The lowest BCUT2D eigenvalue weighted by molar-refractivity contribution is -0.381. The van der Waals surface area contributed by atoms with Gasteiger partial charge in [0.25, 0.3) is 0 Å². The van der Waals surface area contributed by atoms with E-state index in [2.05, 4.69) is 6.92 Å². The van der Waals surface area contributed by atoms with Gasteiger partial charge in [-0.2, -0.15) is 0 Å². The maximum Gasteiger partial charge on any atom is 0.187 e. The second kappa shape index (κ2) is 26.4. The highest BCUT2D eigenvalue weighted by atomic mass is 16.8. The van der Waals surface area contributed by atoms with Crippen LogP contribution in [0.3, 0.4) is 0 Å². The minimum atomic E-state index is -1.89. The van der Waals surface area contributed by atoms with Gasteiger partial charge in [0.05, 0.1) is 19.8 Å². The second-order valence-electron chi connectivity index (χ2n) is 15.2.